The molecule has 2 aromatic carbocycles. The van der Waals surface area contributed by atoms with Crippen molar-refractivity contribution in [1.29, 1.82) is 0 Å². The number of methoxy groups -OCH3 is 1. The van der Waals surface area contributed by atoms with Gasteiger partial charge in [-0.1, -0.05) is 36.4 Å². The number of ether oxygens (including phenoxy) is 1. The second-order valence-electron chi connectivity index (χ2n) is 5.46. The first-order valence-corrected chi connectivity index (χ1v) is 7.62. The van der Waals surface area contributed by atoms with Crippen LogP contribution in [0.25, 0.3) is 0 Å². The Morgan fingerprint density at radius 3 is 2.40 bits per heavy atom. The number of rotatable bonds is 5. The van der Waals surface area contributed by atoms with Gasteiger partial charge in [0.15, 0.2) is 0 Å². The zero-order valence-electron chi connectivity index (χ0n) is 13.9. The molecule has 0 saturated heterocycles. The number of anilines is 1. The number of urea groups is 1. The van der Waals surface area contributed by atoms with E-state index in [1.807, 2.05) is 31.2 Å². The minimum atomic E-state index is -4.54. The Balaban J connectivity index is 2.03. The molecule has 2 aromatic rings. The van der Waals surface area contributed by atoms with Crippen LogP contribution in [-0.4, -0.2) is 19.7 Å². The van der Waals surface area contributed by atoms with Gasteiger partial charge in [-0.25, -0.2) is 4.79 Å². The summed E-state index contributed by atoms with van der Waals surface area (Å²) in [6.45, 7) is 2.04. The molecule has 0 bridgehead atoms. The second-order valence-corrected chi connectivity index (χ2v) is 5.46. The fourth-order valence-corrected chi connectivity index (χ4v) is 2.46. The van der Waals surface area contributed by atoms with E-state index in [-0.39, 0.29) is 12.2 Å². The van der Waals surface area contributed by atoms with Gasteiger partial charge in [0.25, 0.3) is 0 Å². The summed E-state index contributed by atoms with van der Waals surface area (Å²) in [6.07, 6.45) is -4.94. The number of para-hydroxylation sites is 1. The summed E-state index contributed by atoms with van der Waals surface area (Å²) in [5.74, 6) is 0. The van der Waals surface area contributed by atoms with E-state index in [1.54, 1.807) is 0 Å². The van der Waals surface area contributed by atoms with E-state index in [4.69, 9.17) is 4.74 Å². The highest BCUT2D eigenvalue weighted by atomic mass is 19.4. The van der Waals surface area contributed by atoms with Gasteiger partial charge in [0, 0.05) is 13.7 Å². The standard InChI is InChI=1S/C18H19F3N2O2/c1-12-7-3-4-8-13(12)16(25-2)11-22-17(24)23-15-10-6-5-9-14(15)18(19,20)21/h3-10,16H,11H2,1-2H3,(H2,22,23,24). The van der Waals surface area contributed by atoms with Crippen LogP contribution in [0.1, 0.15) is 22.8 Å². The molecule has 0 fully saturated rings. The van der Waals surface area contributed by atoms with E-state index in [2.05, 4.69) is 10.6 Å². The van der Waals surface area contributed by atoms with Gasteiger partial charge in [-0.05, 0) is 30.2 Å². The number of benzene rings is 2. The molecule has 4 nitrogen and oxygen atoms in total. The molecule has 0 aliphatic rings. The molecule has 25 heavy (non-hydrogen) atoms. The molecule has 0 aromatic heterocycles. The average Bonchev–Trinajstić information content (AvgIpc) is 2.56. The molecule has 0 aliphatic carbocycles. The first-order chi connectivity index (χ1) is 11.8. The van der Waals surface area contributed by atoms with Crippen molar-refractivity contribution in [3.05, 3.63) is 65.2 Å². The molecule has 0 heterocycles. The Bertz CT molecular complexity index is 732. The van der Waals surface area contributed by atoms with Gasteiger partial charge in [-0.3, -0.25) is 0 Å². The Hall–Kier alpha value is -2.54. The maximum absolute atomic E-state index is 12.9. The number of alkyl halides is 3. The van der Waals surface area contributed by atoms with Crippen LogP contribution in [-0.2, 0) is 10.9 Å². The first-order valence-electron chi connectivity index (χ1n) is 7.62. The van der Waals surface area contributed by atoms with Gasteiger partial charge in [-0.2, -0.15) is 13.2 Å². The van der Waals surface area contributed by atoms with Crippen molar-refractivity contribution in [3.63, 3.8) is 0 Å². The van der Waals surface area contributed by atoms with E-state index in [9.17, 15) is 18.0 Å². The lowest BCUT2D eigenvalue weighted by molar-refractivity contribution is -0.136. The molecular weight excluding hydrogens is 333 g/mol. The Morgan fingerprint density at radius 2 is 1.76 bits per heavy atom. The summed E-state index contributed by atoms with van der Waals surface area (Å²) < 4.78 is 44.2. The normalized spacial score (nSPS) is 12.5. The molecular formula is C18H19F3N2O2. The monoisotopic (exact) mass is 352 g/mol. The lowest BCUT2D eigenvalue weighted by Crippen LogP contribution is -2.33. The SMILES string of the molecule is COC(CNC(=O)Nc1ccccc1C(F)(F)F)c1ccccc1C. The Morgan fingerprint density at radius 1 is 1.12 bits per heavy atom. The van der Waals surface area contributed by atoms with Gasteiger partial charge in [0.05, 0.1) is 17.4 Å². The molecule has 0 radical (unpaired) electrons. The fraction of sp³-hybridized carbons (Fsp3) is 0.278. The summed E-state index contributed by atoms with van der Waals surface area (Å²) in [6, 6.07) is 11.6. The molecule has 2 N–H and O–H groups in total. The molecule has 2 amide bonds. The van der Waals surface area contributed by atoms with Crippen molar-refractivity contribution < 1.29 is 22.7 Å². The largest absolute Gasteiger partial charge is 0.418 e. The zero-order valence-corrected chi connectivity index (χ0v) is 13.9. The summed E-state index contributed by atoms with van der Waals surface area (Å²) in [7, 11) is 1.51. The molecule has 134 valence electrons. The molecule has 7 heteroatoms. The van der Waals surface area contributed by atoms with Crippen molar-refractivity contribution in [3.8, 4) is 0 Å². The predicted molar refractivity (Wildman–Crippen MR) is 89.4 cm³/mol. The predicted octanol–water partition coefficient (Wildman–Crippen LogP) is 4.52. The van der Waals surface area contributed by atoms with E-state index < -0.39 is 23.9 Å². The number of hydrogen-bond donors (Lipinski definition) is 2. The van der Waals surface area contributed by atoms with Crippen molar-refractivity contribution in [1.82, 2.24) is 5.32 Å². The minimum absolute atomic E-state index is 0.126. The average molecular weight is 352 g/mol. The highest BCUT2D eigenvalue weighted by Crippen LogP contribution is 2.34. The van der Waals surface area contributed by atoms with Gasteiger partial charge in [0.2, 0.25) is 0 Å². The third-order valence-corrected chi connectivity index (χ3v) is 3.75. The van der Waals surface area contributed by atoms with Gasteiger partial charge in [0.1, 0.15) is 0 Å². The van der Waals surface area contributed by atoms with Crippen LogP contribution in [0.5, 0.6) is 0 Å². The summed E-state index contributed by atoms with van der Waals surface area (Å²) in [5, 5.41) is 4.78. The maximum Gasteiger partial charge on any atom is 0.418 e. The maximum atomic E-state index is 12.9. The van der Waals surface area contributed by atoms with Crippen LogP contribution in [0, 0.1) is 6.92 Å². The number of amides is 2. The highest BCUT2D eigenvalue weighted by molar-refractivity contribution is 5.90. The third kappa shape index (κ3) is 4.96. The molecule has 1 atom stereocenters. The summed E-state index contributed by atoms with van der Waals surface area (Å²) in [5.41, 5.74) is 0.713. The van der Waals surface area contributed by atoms with E-state index >= 15 is 0 Å². The number of aryl methyl sites for hydroxylation is 1. The highest BCUT2D eigenvalue weighted by Gasteiger charge is 2.33. The summed E-state index contributed by atoms with van der Waals surface area (Å²) >= 11 is 0. The zero-order chi connectivity index (χ0) is 18.4. The van der Waals surface area contributed by atoms with E-state index in [0.717, 1.165) is 17.2 Å². The smallest absolute Gasteiger partial charge is 0.375 e. The molecule has 1 unspecified atom stereocenters. The number of halogens is 3. The van der Waals surface area contributed by atoms with Crippen LogP contribution in [0.2, 0.25) is 0 Å². The third-order valence-electron chi connectivity index (χ3n) is 3.75. The number of hydrogen-bond acceptors (Lipinski definition) is 2. The molecule has 2 rings (SSSR count). The van der Waals surface area contributed by atoms with Crippen LogP contribution in [0.4, 0.5) is 23.7 Å². The summed E-state index contributed by atoms with van der Waals surface area (Å²) in [4.78, 5) is 12.0. The lowest BCUT2D eigenvalue weighted by atomic mass is 10.0. The van der Waals surface area contributed by atoms with Gasteiger partial charge >= 0.3 is 12.2 Å². The van der Waals surface area contributed by atoms with Gasteiger partial charge in [-0.15, -0.1) is 0 Å². The van der Waals surface area contributed by atoms with Crippen molar-refractivity contribution in [2.45, 2.75) is 19.2 Å². The van der Waals surface area contributed by atoms with Crippen molar-refractivity contribution in [2.75, 3.05) is 19.0 Å². The number of carbonyl (C=O) groups is 1. The topological polar surface area (TPSA) is 50.4 Å². The first kappa shape index (κ1) is 18.8. The van der Waals surface area contributed by atoms with Crippen molar-refractivity contribution in [2.24, 2.45) is 0 Å². The Kier molecular flexibility index (Phi) is 6.03. The fourth-order valence-electron chi connectivity index (χ4n) is 2.46. The van der Waals surface area contributed by atoms with Crippen LogP contribution in [0.15, 0.2) is 48.5 Å². The molecule has 0 spiro atoms. The van der Waals surface area contributed by atoms with Gasteiger partial charge < -0.3 is 15.4 Å². The number of nitrogens with one attached hydrogen (secondary N) is 2. The van der Waals surface area contributed by atoms with E-state index in [1.165, 1.54) is 25.3 Å². The molecule has 0 saturated carbocycles. The van der Waals surface area contributed by atoms with Crippen LogP contribution >= 0.6 is 0 Å². The van der Waals surface area contributed by atoms with Crippen molar-refractivity contribution >= 4 is 11.7 Å². The number of carbonyl (C=O) groups excluding carboxylic acids is 1. The minimum Gasteiger partial charge on any atom is -0.375 e. The van der Waals surface area contributed by atoms with E-state index in [0.29, 0.717) is 0 Å². The van der Waals surface area contributed by atoms with Crippen LogP contribution < -0.4 is 10.6 Å². The second kappa shape index (κ2) is 8.02. The van der Waals surface area contributed by atoms with Crippen LogP contribution in [0.3, 0.4) is 0 Å². The lowest BCUT2D eigenvalue weighted by Gasteiger charge is -2.19. The quantitative estimate of drug-likeness (QED) is 0.831. The Labute approximate surface area is 144 Å². The molecule has 0 aliphatic heterocycles.